The van der Waals surface area contributed by atoms with Crippen molar-refractivity contribution in [3.63, 3.8) is 0 Å². The van der Waals surface area contributed by atoms with Gasteiger partial charge in [-0.1, -0.05) is 12.2 Å². The van der Waals surface area contributed by atoms with E-state index in [1.807, 2.05) is 18.2 Å². The summed E-state index contributed by atoms with van der Waals surface area (Å²) >= 11 is 1.73. The van der Waals surface area contributed by atoms with Gasteiger partial charge in [0, 0.05) is 11.4 Å². The molecule has 1 aromatic rings. The molecule has 1 rings (SSSR count). The van der Waals surface area contributed by atoms with E-state index in [2.05, 4.69) is 19.2 Å². The molecule has 0 saturated carbocycles. The van der Waals surface area contributed by atoms with Crippen LogP contribution in [0.15, 0.2) is 23.1 Å². The molecule has 2 nitrogen and oxygen atoms in total. The van der Waals surface area contributed by atoms with Gasteiger partial charge in [-0.25, -0.2) is 0 Å². The first kappa shape index (κ1) is 12.1. The Morgan fingerprint density at radius 2 is 2.20 bits per heavy atom. The number of ether oxygens (including phenoxy) is 1. The van der Waals surface area contributed by atoms with Crippen LogP contribution in [-0.2, 0) is 0 Å². The zero-order chi connectivity index (χ0) is 11.3. The van der Waals surface area contributed by atoms with Crippen LogP contribution < -0.4 is 10.5 Å². The van der Waals surface area contributed by atoms with E-state index in [1.165, 1.54) is 4.90 Å². The molecular weight excluding hydrogens is 206 g/mol. The molecule has 0 radical (unpaired) electrons. The average molecular weight is 223 g/mol. The summed E-state index contributed by atoms with van der Waals surface area (Å²) in [6.07, 6.45) is 6.05. The number of benzene rings is 1. The summed E-state index contributed by atoms with van der Waals surface area (Å²) in [7, 11) is 1.69. The van der Waals surface area contributed by atoms with Gasteiger partial charge in [0.2, 0.25) is 0 Å². The molecule has 0 unspecified atom stereocenters. The Bertz CT molecular complexity index is 361. The number of rotatable bonds is 4. The number of nitrogens with two attached hydrogens (primary N) is 1. The molecular formula is C12H17NOS. The normalized spacial score (nSPS) is 10.9. The SMILES string of the molecule is COc1cc(/C=C/CN)c(SC)cc1C. The van der Waals surface area contributed by atoms with Crippen LogP contribution in [0.4, 0.5) is 0 Å². The van der Waals surface area contributed by atoms with E-state index in [-0.39, 0.29) is 0 Å². The van der Waals surface area contributed by atoms with Gasteiger partial charge in [-0.3, -0.25) is 0 Å². The number of hydrogen-bond donors (Lipinski definition) is 1. The lowest BCUT2D eigenvalue weighted by Crippen LogP contribution is -1.93. The predicted octanol–water partition coefficient (Wildman–Crippen LogP) is 2.70. The Hall–Kier alpha value is -0.930. The Balaban J connectivity index is 3.16. The van der Waals surface area contributed by atoms with Crippen LogP contribution in [0.25, 0.3) is 6.08 Å². The van der Waals surface area contributed by atoms with Crippen molar-refractivity contribution in [2.24, 2.45) is 5.73 Å². The topological polar surface area (TPSA) is 35.2 Å². The van der Waals surface area contributed by atoms with Gasteiger partial charge >= 0.3 is 0 Å². The van der Waals surface area contributed by atoms with Crippen molar-refractivity contribution in [3.05, 3.63) is 29.3 Å². The predicted molar refractivity (Wildman–Crippen MR) is 67.6 cm³/mol. The lowest BCUT2D eigenvalue weighted by atomic mass is 10.1. The fourth-order valence-electron chi connectivity index (χ4n) is 1.40. The number of hydrogen-bond acceptors (Lipinski definition) is 3. The molecule has 3 heteroatoms. The van der Waals surface area contributed by atoms with Gasteiger partial charge in [0.25, 0.3) is 0 Å². The molecule has 0 aliphatic carbocycles. The van der Waals surface area contributed by atoms with Crippen LogP contribution in [-0.4, -0.2) is 19.9 Å². The van der Waals surface area contributed by atoms with Crippen molar-refractivity contribution < 1.29 is 4.74 Å². The van der Waals surface area contributed by atoms with Crippen molar-refractivity contribution in [1.82, 2.24) is 0 Å². The lowest BCUT2D eigenvalue weighted by molar-refractivity contribution is 0.411. The van der Waals surface area contributed by atoms with Crippen LogP contribution in [0.1, 0.15) is 11.1 Å². The van der Waals surface area contributed by atoms with Gasteiger partial charge in [-0.15, -0.1) is 11.8 Å². The molecule has 0 aromatic heterocycles. The van der Waals surface area contributed by atoms with E-state index in [1.54, 1.807) is 18.9 Å². The summed E-state index contributed by atoms with van der Waals surface area (Å²) in [4.78, 5) is 1.25. The molecule has 0 saturated heterocycles. The van der Waals surface area contributed by atoms with E-state index in [0.717, 1.165) is 16.9 Å². The highest BCUT2D eigenvalue weighted by molar-refractivity contribution is 7.98. The number of aryl methyl sites for hydroxylation is 1. The van der Waals surface area contributed by atoms with Crippen molar-refractivity contribution in [3.8, 4) is 5.75 Å². The Kier molecular flexibility index (Phi) is 4.72. The fourth-order valence-corrected chi connectivity index (χ4v) is 2.06. The molecule has 0 heterocycles. The minimum Gasteiger partial charge on any atom is -0.496 e. The molecule has 0 bridgehead atoms. The largest absolute Gasteiger partial charge is 0.496 e. The highest BCUT2D eigenvalue weighted by Crippen LogP contribution is 2.29. The van der Waals surface area contributed by atoms with Crippen molar-refractivity contribution in [2.45, 2.75) is 11.8 Å². The molecule has 0 amide bonds. The first-order chi connectivity index (χ1) is 7.22. The van der Waals surface area contributed by atoms with Crippen LogP contribution in [0.3, 0.4) is 0 Å². The maximum atomic E-state index is 5.44. The molecule has 82 valence electrons. The number of thioether (sulfide) groups is 1. The summed E-state index contributed by atoms with van der Waals surface area (Å²) < 4.78 is 5.29. The van der Waals surface area contributed by atoms with Crippen LogP contribution in [0, 0.1) is 6.92 Å². The second-order valence-corrected chi connectivity index (χ2v) is 4.05. The van der Waals surface area contributed by atoms with Crippen molar-refractivity contribution >= 4 is 17.8 Å². The van der Waals surface area contributed by atoms with Crippen LogP contribution in [0.5, 0.6) is 5.75 Å². The number of methoxy groups -OCH3 is 1. The van der Waals surface area contributed by atoms with Gasteiger partial charge in [0.15, 0.2) is 0 Å². The highest BCUT2D eigenvalue weighted by atomic mass is 32.2. The molecule has 0 atom stereocenters. The van der Waals surface area contributed by atoms with E-state index >= 15 is 0 Å². The molecule has 2 N–H and O–H groups in total. The summed E-state index contributed by atoms with van der Waals surface area (Å²) in [5.41, 5.74) is 7.76. The fraction of sp³-hybridized carbons (Fsp3) is 0.333. The molecule has 0 aliphatic rings. The molecule has 0 spiro atoms. The summed E-state index contributed by atoms with van der Waals surface area (Å²) in [5.74, 6) is 0.921. The van der Waals surface area contributed by atoms with E-state index < -0.39 is 0 Å². The zero-order valence-corrected chi connectivity index (χ0v) is 10.2. The summed E-state index contributed by atoms with van der Waals surface area (Å²) in [6, 6.07) is 4.19. The second-order valence-electron chi connectivity index (χ2n) is 3.20. The highest BCUT2D eigenvalue weighted by Gasteiger charge is 2.04. The third-order valence-corrected chi connectivity index (χ3v) is 2.97. The van der Waals surface area contributed by atoms with Crippen LogP contribution in [0.2, 0.25) is 0 Å². The third kappa shape index (κ3) is 3.01. The Labute approximate surface area is 95.5 Å². The minimum absolute atomic E-state index is 0.560. The van der Waals surface area contributed by atoms with Gasteiger partial charge in [-0.05, 0) is 36.4 Å². The van der Waals surface area contributed by atoms with E-state index in [4.69, 9.17) is 10.5 Å². The molecule has 1 aromatic carbocycles. The van der Waals surface area contributed by atoms with E-state index in [9.17, 15) is 0 Å². The third-order valence-electron chi connectivity index (χ3n) is 2.18. The summed E-state index contributed by atoms with van der Waals surface area (Å²) in [6.45, 7) is 2.61. The average Bonchev–Trinajstić information content (AvgIpc) is 2.26. The Morgan fingerprint density at radius 1 is 1.47 bits per heavy atom. The molecule has 15 heavy (non-hydrogen) atoms. The summed E-state index contributed by atoms with van der Waals surface area (Å²) in [5, 5.41) is 0. The second kappa shape index (κ2) is 5.83. The lowest BCUT2D eigenvalue weighted by Gasteiger charge is -2.09. The zero-order valence-electron chi connectivity index (χ0n) is 9.41. The quantitative estimate of drug-likeness (QED) is 0.797. The van der Waals surface area contributed by atoms with Gasteiger partial charge in [0.05, 0.1) is 7.11 Å². The van der Waals surface area contributed by atoms with Gasteiger partial charge in [0.1, 0.15) is 5.75 Å². The van der Waals surface area contributed by atoms with E-state index in [0.29, 0.717) is 6.54 Å². The molecule has 0 fully saturated rings. The van der Waals surface area contributed by atoms with Crippen molar-refractivity contribution in [1.29, 1.82) is 0 Å². The minimum atomic E-state index is 0.560. The standard InChI is InChI=1S/C12H17NOS/c1-9-7-12(15-3)10(5-4-6-13)8-11(9)14-2/h4-5,7-8H,6,13H2,1-3H3/b5-4+. The maximum Gasteiger partial charge on any atom is 0.122 e. The monoisotopic (exact) mass is 223 g/mol. The molecule has 0 aliphatic heterocycles. The maximum absolute atomic E-state index is 5.44. The first-order valence-corrected chi connectivity index (χ1v) is 6.04. The Morgan fingerprint density at radius 3 is 2.73 bits per heavy atom. The van der Waals surface area contributed by atoms with Gasteiger partial charge in [-0.2, -0.15) is 0 Å². The van der Waals surface area contributed by atoms with Crippen LogP contribution >= 0.6 is 11.8 Å². The van der Waals surface area contributed by atoms with Crippen molar-refractivity contribution in [2.75, 3.05) is 19.9 Å². The smallest absolute Gasteiger partial charge is 0.122 e. The van der Waals surface area contributed by atoms with Gasteiger partial charge < -0.3 is 10.5 Å². The first-order valence-electron chi connectivity index (χ1n) is 4.82.